The first-order valence-corrected chi connectivity index (χ1v) is 12.6. The summed E-state index contributed by atoms with van der Waals surface area (Å²) in [5, 5.41) is 0. The quantitative estimate of drug-likeness (QED) is 0.729. The molecule has 3 heterocycles. The molecule has 3 aliphatic heterocycles. The third kappa shape index (κ3) is 4.39. The van der Waals surface area contributed by atoms with Crippen LogP contribution in [0.1, 0.15) is 48.0 Å². The zero-order chi connectivity index (χ0) is 21.5. The second-order valence-electron chi connectivity index (χ2n) is 8.91. The number of ketones is 1. The lowest BCUT2D eigenvalue weighted by atomic mass is 9.85. The number of Topliss-reactive ketones (excluding diaryl/α,β-unsaturated/α-hetero) is 1. The predicted molar refractivity (Wildman–Crippen MR) is 113 cm³/mol. The highest BCUT2D eigenvalue weighted by atomic mass is 32.2. The number of rotatable bonds is 3. The zero-order valence-electron chi connectivity index (χ0n) is 17.7. The van der Waals surface area contributed by atoms with Gasteiger partial charge in [-0.3, -0.25) is 9.59 Å². The molecule has 2 unspecified atom stereocenters. The molecule has 0 bridgehead atoms. The molecule has 0 aliphatic carbocycles. The van der Waals surface area contributed by atoms with Crippen molar-refractivity contribution in [2.45, 2.75) is 45.1 Å². The minimum absolute atomic E-state index is 0.113. The molecule has 2 fully saturated rings. The number of hydrogen-bond donors (Lipinski definition) is 0. The molecule has 8 heteroatoms. The molecule has 0 spiro atoms. The summed E-state index contributed by atoms with van der Waals surface area (Å²) >= 11 is 0. The molecule has 0 aromatic heterocycles. The van der Waals surface area contributed by atoms with E-state index in [4.69, 9.17) is 4.74 Å². The summed E-state index contributed by atoms with van der Waals surface area (Å²) in [4.78, 5) is 27.6. The van der Waals surface area contributed by atoms with E-state index < -0.39 is 10.0 Å². The Morgan fingerprint density at radius 1 is 1.13 bits per heavy atom. The van der Waals surface area contributed by atoms with Gasteiger partial charge < -0.3 is 9.64 Å². The van der Waals surface area contributed by atoms with Gasteiger partial charge >= 0.3 is 0 Å². The van der Waals surface area contributed by atoms with Crippen molar-refractivity contribution in [3.63, 3.8) is 0 Å². The number of piperidine rings is 2. The molecule has 0 saturated carbocycles. The smallest absolute Gasteiger partial charge is 0.225 e. The summed E-state index contributed by atoms with van der Waals surface area (Å²) in [6.45, 7) is 4.10. The van der Waals surface area contributed by atoms with Crippen molar-refractivity contribution in [2.75, 3.05) is 32.4 Å². The molecule has 3 aliphatic rings. The number of carbonyl (C=O) groups is 2. The van der Waals surface area contributed by atoms with Crippen LogP contribution in [0.5, 0.6) is 5.75 Å². The van der Waals surface area contributed by atoms with Crippen molar-refractivity contribution < 1.29 is 22.7 Å². The summed E-state index contributed by atoms with van der Waals surface area (Å²) in [5.74, 6) is 0.891. The van der Waals surface area contributed by atoms with Crippen molar-refractivity contribution in [1.82, 2.24) is 9.21 Å². The number of carbonyl (C=O) groups excluding carboxylic acids is 2. The maximum Gasteiger partial charge on any atom is 0.225 e. The first kappa shape index (κ1) is 21.3. The fraction of sp³-hybridized carbons (Fsp3) is 0.636. The normalized spacial score (nSPS) is 26.2. The summed E-state index contributed by atoms with van der Waals surface area (Å²) in [7, 11) is -3.20. The van der Waals surface area contributed by atoms with Gasteiger partial charge in [0.1, 0.15) is 11.9 Å². The first-order chi connectivity index (χ1) is 14.2. The van der Waals surface area contributed by atoms with Crippen molar-refractivity contribution in [1.29, 1.82) is 0 Å². The zero-order valence-corrected chi connectivity index (χ0v) is 18.5. The number of fused-ring (bicyclic) bond motifs is 1. The number of benzene rings is 1. The van der Waals surface area contributed by atoms with Crippen LogP contribution in [0.15, 0.2) is 18.2 Å². The van der Waals surface area contributed by atoms with Gasteiger partial charge in [0.15, 0.2) is 5.78 Å². The summed E-state index contributed by atoms with van der Waals surface area (Å²) in [6, 6.07) is 5.71. The summed E-state index contributed by atoms with van der Waals surface area (Å²) in [6.07, 6.45) is 4.35. The Morgan fingerprint density at radius 3 is 2.57 bits per heavy atom. The van der Waals surface area contributed by atoms with Gasteiger partial charge in [-0.15, -0.1) is 0 Å². The van der Waals surface area contributed by atoms with Crippen LogP contribution in [0, 0.1) is 18.8 Å². The molecule has 0 radical (unpaired) electrons. The molecule has 164 valence electrons. The molecule has 1 amide bonds. The van der Waals surface area contributed by atoms with E-state index in [1.54, 1.807) is 0 Å². The van der Waals surface area contributed by atoms with Gasteiger partial charge in [-0.1, -0.05) is 11.6 Å². The van der Waals surface area contributed by atoms with Crippen molar-refractivity contribution in [2.24, 2.45) is 11.8 Å². The van der Waals surface area contributed by atoms with Crippen LogP contribution in [0.2, 0.25) is 0 Å². The molecule has 0 N–H and O–H groups in total. The van der Waals surface area contributed by atoms with E-state index in [0.29, 0.717) is 50.2 Å². The van der Waals surface area contributed by atoms with Gasteiger partial charge in [0.05, 0.1) is 11.8 Å². The van der Waals surface area contributed by atoms with Crippen LogP contribution in [0.25, 0.3) is 0 Å². The van der Waals surface area contributed by atoms with Crippen molar-refractivity contribution >= 4 is 21.7 Å². The highest BCUT2D eigenvalue weighted by molar-refractivity contribution is 7.88. The van der Waals surface area contributed by atoms with Crippen molar-refractivity contribution in [3.05, 3.63) is 29.3 Å². The summed E-state index contributed by atoms with van der Waals surface area (Å²) < 4.78 is 31.1. The number of amides is 1. The van der Waals surface area contributed by atoms with Crippen molar-refractivity contribution in [3.8, 4) is 5.75 Å². The standard InChI is InChI=1S/C22H30N2O5S/c1-15-5-6-20-18(12-15)19(25)13-21(29-20)17-4-3-9-23(14-17)22(26)16-7-10-24(11-8-16)30(2,27)28/h5-6,12,16-17,21H,3-4,7-11,13-14H2,1-2H3. The molecule has 7 nitrogen and oxygen atoms in total. The number of ether oxygens (including phenoxy) is 1. The number of hydrogen-bond acceptors (Lipinski definition) is 5. The topological polar surface area (TPSA) is 84.0 Å². The molecular weight excluding hydrogens is 404 g/mol. The number of likely N-dealkylation sites (tertiary alicyclic amines) is 1. The van der Waals surface area contributed by atoms with Crippen LogP contribution >= 0.6 is 0 Å². The third-order valence-electron chi connectivity index (χ3n) is 6.67. The molecular formula is C22H30N2O5S. The van der Waals surface area contributed by atoms with E-state index in [9.17, 15) is 18.0 Å². The molecule has 1 aromatic carbocycles. The largest absolute Gasteiger partial charge is 0.489 e. The van der Waals surface area contributed by atoms with E-state index >= 15 is 0 Å². The third-order valence-corrected chi connectivity index (χ3v) is 7.97. The van der Waals surface area contributed by atoms with E-state index in [1.165, 1.54) is 10.6 Å². The van der Waals surface area contributed by atoms with Gasteiger partial charge in [-0.05, 0) is 44.7 Å². The van der Waals surface area contributed by atoms with Gasteiger partial charge in [0.2, 0.25) is 15.9 Å². The van der Waals surface area contributed by atoms with Gasteiger partial charge in [-0.25, -0.2) is 12.7 Å². The van der Waals surface area contributed by atoms with Gasteiger partial charge in [0.25, 0.3) is 0 Å². The van der Waals surface area contributed by atoms with Crippen LogP contribution in [0.4, 0.5) is 0 Å². The highest BCUT2D eigenvalue weighted by Gasteiger charge is 2.38. The van der Waals surface area contributed by atoms with Crippen LogP contribution in [-0.2, 0) is 14.8 Å². The second kappa shape index (κ2) is 8.30. The predicted octanol–water partition coefficient (Wildman–Crippen LogP) is 2.24. The average Bonchev–Trinajstić information content (AvgIpc) is 2.73. The van der Waals surface area contributed by atoms with E-state index in [1.807, 2.05) is 30.0 Å². The SMILES string of the molecule is Cc1ccc2c(c1)C(=O)CC(C1CCCN(C(=O)C3CCN(S(C)(=O)=O)CC3)C1)O2. The maximum atomic E-state index is 13.1. The molecule has 4 rings (SSSR count). The minimum atomic E-state index is -3.20. The Kier molecular flexibility index (Phi) is 5.90. The fourth-order valence-corrected chi connectivity index (χ4v) is 5.81. The molecule has 2 saturated heterocycles. The first-order valence-electron chi connectivity index (χ1n) is 10.8. The van der Waals surface area contributed by atoms with E-state index in [2.05, 4.69) is 0 Å². The Hall–Kier alpha value is -1.93. The Bertz CT molecular complexity index is 937. The lowest BCUT2D eigenvalue weighted by Crippen LogP contribution is -2.50. The lowest BCUT2D eigenvalue weighted by Gasteiger charge is -2.40. The molecule has 2 atom stereocenters. The molecule has 1 aromatic rings. The Labute approximate surface area is 178 Å². The van der Waals surface area contributed by atoms with Gasteiger partial charge in [0, 0.05) is 44.4 Å². The summed E-state index contributed by atoms with van der Waals surface area (Å²) in [5.41, 5.74) is 1.70. The van der Waals surface area contributed by atoms with Gasteiger partial charge in [-0.2, -0.15) is 0 Å². The lowest BCUT2D eigenvalue weighted by molar-refractivity contribution is -0.139. The van der Waals surface area contributed by atoms with Crippen LogP contribution in [0.3, 0.4) is 0 Å². The molecule has 30 heavy (non-hydrogen) atoms. The van der Waals surface area contributed by atoms with Crippen LogP contribution < -0.4 is 4.74 Å². The number of aryl methyl sites for hydroxylation is 1. The number of sulfonamides is 1. The monoisotopic (exact) mass is 434 g/mol. The highest BCUT2D eigenvalue weighted by Crippen LogP contribution is 2.34. The number of nitrogens with zero attached hydrogens (tertiary/aromatic N) is 2. The van der Waals surface area contributed by atoms with E-state index in [0.717, 1.165) is 24.9 Å². The average molecular weight is 435 g/mol. The van der Waals surface area contributed by atoms with Crippen LogP contribution in [-0.4, -0.2) is 67.9 Å². The minimum Gasteiger partial charge on any atom is -0.489 e. The maximum absolute atomic E-state index is 13.1. The fourth-order valence-electron chi connectivity index (χ4n) is 4.93. The Balaban J connectivity index is 1.38. The van der Waals surface area contributed by atoms with E-state index in [-0.39, 0.29) is 29.6 Å². The Morgan fingerprint density at radius 2 is 1.87 bits per heavy atom. The second-order valence-corrected chi connectivity index (χ2v) is 10.9.